The van der Waals surface area contributed by atoms with Crippen molar-refractivity contribution in [3.05, 3.63) is 0 Å². The molecule has 1 atom stereocenters. The summed E-state index contributed by atoms with van der Waals surface area (Å²) in [4.78, 5) is 24.9. The monoisotopic (exact) mass is 226 g/mol. The molecule has 0 saturated carbocycles. The highest BCUT2D eigenvalue weighted by atomic mass is 16.2. The number of hydrogen-bond donors (Lipinski definition) is 1. The fraction of sp³-hybridized carbons (Fsp3) is 0.833. The minimum absolute atomic E-state index is 0.0111. The molecule has 0 aromatic rings. The molecule has 0 aromatic carbocycles. The minimum Gasteiger partial charge on any atom is -0.315 e. The van der Waals surface area contributed by atoms with Gasteiger partial charge in [-0.05, 0) is 25.8 Å². The molecular formula is C12H22N2O2. The first-order valence-electron chi connectivity index (χ1n) is 6.20. The van der Waals surface area contributed by atoms with Gasteiger partial charge in [-0.3, -0.25) is 14.5 Å². The van der Waals surface area contributed by atoms with Gasteiger partial charge in [-0.25, -0.2) is 0 Å². The van der Waals surface area contributed by atoms with Gasteiger partial charge in [0.2, 0.25) is 11.8 Å². The largest absolute Gasteiger partial charge is 0.315 e. The smallest absolute Gasteiger partial charge is 0.229 e. The minimum atomic E-state index is -0.116. The Hall–Kier alpha value is -0.900. The van der Waals surface area contributed by atoms with Gasteiger partial charge >= 0.3 is 0 Å². The number of carbonyl (C=O) groups is 2. The van der Waals surface area contributed by atoms with Crippen molar-refractivity contribution >= 4 is 11.8 Å². The second-order valence-corrected chi connectivity index (χ2v) is 4.39. The van der Waals surface area contributed by atoms with Gasteiger partial charge in [0.1, 0.15) is 0 Å². The molecule has 0 radical (unpaired) electrons. The second-order valence-electron chi connectivity index (χ2n) is 4.39. The standard InChI is InChI=1S/C12H22N2O2/c1-3-4-7-12(16)14(10(2)15)11-6-5-8-13-9-11/h11,13H,3-9H2,1-2H3. The first-order valence-corrected chi connectivity index (χ1v) is 6.20. The predicted molar refractivity (Wildman–Crippen MR) is 62.9 cm³/mol. The average Bonchev–Trinajstić information content (AvgIpc) is 2.27. The van der Waals surface area contributed by atoms with E-state index < -0.39 is 0 Å². The summed E-state index contributed by atoms with van der Waals surface area (Å²) in [5, 5.41) is 3.24. The van der Waals surface area contributed by atoms with E-state index in [0.717, 1.165) is 38.8 Å². The van der Waals surface area contributed by atoms with E-state index in [2.05, 4.69) is 5.32 Å². The van der Waals surface area contributed by atoms with Gasteiger partial charge in [0, 0.05) is 19.9 Å². The van der Waals surface area contributed by atoms with Crippen LogP contribution in [0.4, 0.5) is 0 Å². The summed E-state index contributed by atoms with van der Waals surface area (Å²) in [6.07, 6.45) is 4.32. The molecule has 16 heavy (non-hydrogen) atoms. The Bertz CT molecular complexity index is 247. The number of rotatable bonds is 4. The van der Waals surface area contributed by atoms with Gasteiger partial charge in [-0.15, -0.1) is 0 Å². The van der Waals surface area contributed by atoms with Crippen LogP contribution in [0.5, 0.6) is 0 Å². The van der Waals surface area contributed by atoms with Gasteiger partial charge in [0.15, 0.2) is 0 Å². The zero-order valence-corrected chi connectivity index (χ0v) is 10.3. The lowest BCUT2D eigenvalue weighted by Crippen LogP contribution is -2.50. The molecule has 1 aliphatic heterocycles. The van der Waals surface area contributed by atoms with Crippen LogP contribution in [-0.2, 0) is 9.59 Å². The van der Waals surface area contributed by atoms with Gasteiger partial charge in [-0.2, -0.15) is 0 Å². The second kappa shape index (κ2) is 6.63. The SMILES string of the molecule is CCCCC(=O)N(C(C)=O)C1CCCNC1. The number of imide groups is 1. The van der Waals surface area contributed by atoms with Crippen molar-refractivity contribution in [2.45, 2.75) is 52.0 Å². The molecule has 1 unspecified atom stereocenters. The van der Waals surface area contributed by atoms with Crippen LogP contribution in [0.15, 0.2) is 0 Å². The van der Waals surface area contributed by atoms with Crippen LogP contribution in [-0.4, -0.2) is 35.8 Å². The molecule has 1 aliphatic rings. The van der Waals surface area contributed by atoms with Crippen molar-refractivity contribution in [3.63, 3.8) is 0 Å². The van der Waals surface area contributed by atoms with E-state index in [1.165, 1.54) is 11.8 Å². The molecule has 1 heterocycles. The van der Waals surface area contributed by atoms with Gasteiger partial charge < -0.3 is 5.32 Å². The lowest BCUT2D eigenvalue weighted by Gasteiger charge is -2.32. The molecule has 4 nitrogen and oxygen atoms in total. The summed E-state index contributed by atoms with van der Waals surface area (Å²) < 4.78 is 0. The first-order chi connectivity index (χ1) is 7.66. The van der Waals surface area contributed by atoms with Gasteiger partial charge in [-0.1, -0.05) is 13.3 Å². The molecule has 1 rings (SSSR count). The molecule has 1 fully saturated rings. The average molecular weight is 226 g/mol. The lowest BCUT2D eigenvalue weighted by molar-refractivity contribution is -0.146. The van der Waals surface area contributed by atoms with E-state index in [-0.39, 0.29) is 17.9 Å². The number of amides is 2. The highest BCUT2D eigenvalue weighted by Gasteiger charge is 2.27. The van der Waals surface area contributed by atoms with Crippen LogP contribution in [0, 0.1) is 0 Å². The molecule has 0 aliphatic carbocycles. The van der Waals surface area contributed by atoms with Crippen molar-refractivity contribution in [1.82, 2.24) is 10.2 Å². The Balaban J connectivity index is 2.58. The van der Waals surface area contributed by atoms with Gasteiger partial charge in [0.25, 0.3) is 0 Å². The third-order valence-corrected chi connectivity index (χ3v) is 2.99. The van der Waals surface area contributed by atoms with E-state index in [1.54, 1.807) is 0 Å². The topological polar surface area (TPSA) is 49.4 Å². The highest BCUT2D eigenvalue weighted by molar-refractivity contribution is 5.94. The lowest BCUT2D eigenvalue weighted by atomic mass is 10.0. The van der Waals surface area contributed by atoms with Crippen molar-refractivity contribution in [1.29, 1.82) is 0 Å². The molecule has 1 saturated heterocycles. The maximum absolute atomic E-state index is 11.9. The Morgan fingerprint density at radius 3 is 2.69 bits per heavy atom. The fourth-order valence-corrected chi connectivity index (χ4v) is 2.14. The predicted octanol–water partition coefficient (Wildman–Crippen LogP) is 1.30. The Morgan fingerprint density at radius 1 is 1.44 bits per heavy atom. The van der Waals surface area contributed by atoms with Gasteiger partial charge in [0.05, 0.1) is 6.04 Å². The van der Waals surface area contributed by atoms with Crippen LogP contribution in [0.2, 0.25) is 0 Å². The van der Waals surface area contributed by atoms with Crippen LogP contribution in [0.25, 0.3) is 0 Å². The molecule has 0 spiro atoms. The quantitative estimate of drug-likeness (QED) is 0.786. The number of hydrogen-bond acceptors (Lipinski definition) is 3. The Morgan fingerprint density at radius 2 is 2.19 bits per heavy atom. The summed E-state index contributed by atoms with van der Waals surface area (Å²) in [6.45, 7) is 5.27. The summed E-state index contributed by atoms with van der Waals surface area (Å²) in [7, 11) is 0. The number of nitrogens with one attached hydrogen (secondary N) is 1. The molecule has 0 bridgehead atoms. The van der Waals surface area contributed by atoms with Crippen LogP contribution >= 0.6 is 0 Å². The van der Waals surface area contributed by atoms with Crippen molar-refractivity contribution in [2.24, 2.45) is 0 Å². The van der Waals surface area contributed by atoms with Crippen LogP contribution in [0.1, 0.15) is 46.0 Å². The maximum atomic E-state index is 11.9. The Kier molecular flexibility index (Phi) is 5.46. The number of nitrogens with zero attached hydrogens (tertiary/aromatic N) is 1. The zero-order valence-electron chi connectivity index (χ0n) is 10.3. The fourth-order valence-electron chi connectivity index (χ4n) is 2.14. The normalized spacial score (nSPS) is 20.5. The Labute approximate surface area is 97.4 Å². The maximum Gasteiger partial charge on any atom is 0.229 e. The first kappa shape index (κ1) is 13.2. The third kappa shape index (κ3) is 3.59. The number of carbonyl (C=O) groups excluding carboxylic acids is 2. The van der Waals surface area contributed by atoms with E-state index in [1.807, 2.05) is 6.92 Å². The molecule has 2 amide bonds. The van der Waals surface area contributed by atoms with E-state index in [0.29, 0.717) is 6.42 Å². The molecule has 92 valence electrons. The van der Waals surface area contributed by atoms with Crippen LogP contribution in [0.3, 0.4) is 0 Å². The molecule has 4 heteroatoms. The summed E-state index contributed by atoms with van der Waals surface area (Å²) in [5.74, 6) is -0.127. The van der Waals surface area contributed by atoms with E-state index in [4.69, 9.17) is 0 Å². The summed E-state index contributed by atoms with van der Waals surface area (Å²) >= 11 is 0. The highest BCUT2D eigenvalue weighted by Crippen LogP contribution is 2.13. The summed E-state index contributed by atoms with van der Waals surface area (Å²) in [6, 6.07) is 0.0654. The molecule has 1 N–H and O–H groups in total. The summed E-state index contributed by atoms with van der Waals surface area (Å²) in [5.41, 5.74) is 0. The molecule has 0 aromatic heterocycles. The third-order valence-electron chi connectivity index (χ3n) is 2.99. The number of piperidine rings is 1. The van der Waals surface area contributed by atoms with E-state index >= 15 is 0 Å². The van der Waals surface area contributed by atoms with Crippen LogP contribution < -0.4 is 5.32 Å². The van der Waals surface area contributed by atoms with Crippen molar-refractivity contribution in [2.75, 3.05) is 13.1 Å². The number of unbranched alkanes of at least 4 members (excludes halogenated alkanes) is 1. The zero-order chi connectivity index (χ0) is 12.0. The van der Waals surface area contributed by atoms with Crippen molar-refractivity contribution in [3.8, 4) is 0 Å². The van der Waals surface area contributed by atoms with E-state index in [9.17, 15) is 9.59 Å². The van der Waals surface area contributed by atoms with Crippen molar-refractivity contribution < 1.29 is 9.59 Å². The molecular weight excluding hydrogens is 204 g/mol.